The number of aryl methyl sites for hydroxylation is 1. The highest BCUT2D eigenvalue weighted by Gasteiger charge is 2.45. The summed E-state index contributed by atoms with van der Waals surface area (Å²) in [5, 5.41) is 11.2. The molecule has 3 aliphatic rings. The van der Waals surface area contributed by atoms with Gasteiger partial charge in [-0.3, -0.25) is 0 Å². The Balaban J connectivity index is 1.43. The number of hydrogen-bond donors (Lipinski definition) is 2. The molecule has 1 saturated carbocycles. The van der Waals surface area contributed by atoms with Gasteiger partial charge in [0.1, 0.15) is 23.1 Å². The molecule has 35 heavy (non-hydrogen) atoms. The summed E-state index contributed by atoms with van der Waals surface area (Å²) in [6, 6.07) is 4.56. The van der Waals surface area contributed by atoms with Crippen molar-refractivity contribution in [1.29, 1.82) is 0 Å². The molecule has 2 aromatic rings. The number of rotatable bonds is 6. The Morgan fingerprint density at radius 3 is 2.49 bits per heavy atom. The standard InChI is InChI=1S/C26H30FNO6S/c1-26(28-35(31,32)18-12-10-17(27)11-13-18)15-14-21(34-26)22(16-8-9-16)23-24(29)19-6-4-2-3-5-7-20(19)33-25(23)30/h10-14,16,22,28-29H,2-9,15H2,1H3. The predicted octanol–water partition coefficient (Wildman–Crippen LogP) is 4.64. The molecule has 5 rings (SSSR count). The molecule has 9 heteroatoms. The van der Waals surface area contributed by atoms with E-state index in [1.54, 1.807) is 13.0 Å². The quantitative estimate of drug-likeness (QED) is 0.595. The minimum absolute atomic E-state index is 0.0000426. The summed E-state index contributed by atoms with van der Waals surface area (Å²) in [5.74, 6) is 0.115. The van der Waals surface area contributed by atoms with Gasteiger partial charge in [0.2, 0.25) is 10.0 Å². The van der Waals surface area contributed by atoms with Crippen LogP contribution < -0.4 is 10.3 Å². The molecular weight excluding hydrogens is 473 g/mol. The third kappa shape index (κ3) is 4.89. The van der Waals surface area contributed by atoms with E-state index in [4.69, 9.17) is 9.15 Å². The van der Waals surface area contributed by atoms with Gasteiger partial charge in [0, 0.05) is 18.4 Å². The van der Waals surface area contributed by atoms with E-state index >= 15 is 0 Å². The second-order valence-electron chi connectivity index (χ2n) is 9.99. The number of nitrogens with one attached hydrogen (secondary N) is 1. The van der Waals surface area contributed by atoms with Gasteiger partial charge < -0.3 is 14.3 Å². The van der Waals surface area contributed by atoms with E-state index in [0.29, 0.717) is 29.9 Å². The highest BCUT2D eigenvalue weighted by molar-refractivity contribution is 7.89. The Morgan fingerprint density at radius 2 is 1.80 bits per heavy atom. The molecule has 1 aliphatic heterocycles. The summed E-state index contributed by atoms with van der Waals surface area (Å²) in [6.07, 6.45) is 9.04. The summed E-state index contributed by atoms with van der Waals surface area (Å²) in [6.45, 7) is 1.62. The Kier molecular flexibility index (Phi) is 6.25. The minimum atomic E-state index is -3.98. The van der Waals surface area contributed by atoms with E-state index in [1.165, 1.54) is 12.1 Å². The van der Waals surface area contributed by atoms with Crippen LogP contribution in [0.3, 0.4) is 0 Å². The van der Waals surface area contributed by atoms with Crippen molar-refractivity contribution in [3.63, 3.8) is 0 Å². The zero-order valence-corrected chi connectivity index (χ0v) is 20.5. The van der Waals surface area contributed by atoms with Crippen LogP contribution in [0.5, 0.6) is 5.75 Å². The lowest BCUT2D eigenvalue weighted by Crippen LogP contribution is -2.45. The largest absolute Gasteiger partial charge is 0.507 e. The Bertz CT molecular complexity index is 1310. The molecule has 7 nitrogen and oxygen atoms in total. The van der Waals surface area contributed by atoms with Crippen LogP contribution in [0.2, 0.25) is 0 Å². The molecule has 1 fully saturated rings. The minimum Gasteiger partial charge on any atom is -0.507 e. The Morgan fingerprint density at radius 1 is 1.11 bits per heavy atom. The maximum absolute atomic E-state index is 13.2. The molecular formula is C26H30FNO6S. The fourth-order valence-corrected chi connectivity index (χ4v) is 6.49. The van der Waals surface area contributed by atoms with Crippen molar-refractivity contribution in [2.45, 2.75) is 81.2 Å². The van der Waals surface area contributed by atoms with Gasteiger partial charge in [0.15, 0.2) is 5.72 Å². The fourth-order valence-electron chi connectivity index (χ4n) is 5.18. The van der Waals surface area contributed by atoms with Crippen molar-refractivity contribution in [2.75, 3.05) is 0 Å². The molecule has 1 aromatic heterocycles. The fraction of sp³-hybridized carbons (Fsp3) is 0.500. The summed E-state index contributed by atoms with van der Waals surface area (Å²) >= 11 is 0. The molecule has 0 saturated heterocycles. The number of sulfonamides is 1. The van der Waals surface area contributed by atoms with Crippen LogP contribution >= 0.6 is 0 Å². The number of halogens is 1. The third-order valence-electron chi connectivity index (χ3n) is 7.12. The first-order valence-electron chi connectivity index (χ1n) is 12.2. The van der Waals surface area contributed by atoms with E-state index in [1.807, 2.05) is 0 Å². The first-order valence-corrected chi connectivity index (χ1v) is 13.7. The van der Waals surface area contributed by atoms with Crippen LogP contribution in [0.15, 0.2) is 50.2 Å². The zero-order chi connectivity index (χ0) is 24.8. The number of aromatic hydroxyl groups is 1. The molecule has 2 aliphatic carbocycles. The Labute approximate surface area is 204 Å². The SMILES string of the molecule is CC1(NS(=O)(=O)c2ccc(F)cc2)CC=C(C(c2c(O)c3c(oc2=O)CCCCCC3)C2CC2)O1. The van der Waals surface area contributed by atoms with Crippen LogP contribution in [-0.2, 0) is 27.6 Å². The number of ether oxygens (including phenoxy) is 1. The summed E-state index contributed by atoms with van der Waals surface area (Å²) in [4.78, 5) is 13.0. The molecule has 2 heterocycles. The van der Waals surface area contributed by atoms with Gasteiger partial charge in [-0.25, -0.2) is 17.6 Å². The molecule has 0 radical (unpaired) electrons. The molecule has 0 bridgehead atoms. The maximum Gasteiger partial charge on any atom is 0.343 e. The molecule has 0 amide bonds. The lowest BCUT2D eigenvalue weighted by atomic mass is 9.88. The highest BCUT2D eigenvalue weighted by Crippen LogP contribution is 2.51. The number of hydrogen-bond acceptors (Lipinski definition) is 6. The third-order valence-corrected chi connectivity index (χ3v) is 8.71. The monoisotopic (exact) mass is 503 g/mol. The first kappa shape index (κ1) is 24.1. The van der Waals surface area contributed by atoms with E-state index in [0.717, 1.165) is 50.7 Å². The van der Waals surface area contributed by atoms with Gasteiger partial charge in [0.05, 0.1) is 16.4 Å². The summed E-state index contributed by atoms with van der Waals surface area (Å²) < 4.78 is 53.5. The van der Waals surface area contributed by atoms with Gasteiger partial charge in [-0.2, -0.15) is 4.72 Å². The number of benzene rings is 1. The van der Waals surface area contributed by atoms with Crippen molar-refractivity contribution in [1.82, 2.24) is 4.72 Å². The predicted molar refractivity (Wildman–Crippen MR) is 127 cm³/mol. The second kappa shape index (κ2) is 9.09. The lowest BCUT2D eigenvalue weighted by molar-refractivity contribution is 0.0233. The van der Waals surface area contributed by atoms with Gasteiger partial charge in [0.25, 0.3) is 0 Å². The molecule has 188 valence electrons. The second-order valence-corrected chi connectivity index (χ2v) is 11.7. The van der Waals surface area contributed by atoms with Gasteiger partial charge in [-0.15, -0.1) is 0 Å². The van der Waals surface area contributed by atoms with Crippen LogP contribution in [0, 0.1) is 11.7 Å². The van der Waals surface area contributed by atoms with E-state index in [-0.39, 0.29) is 28.5 Å². The van der Waals surface area contributed by atoms with Crippen molar-refractivity contribution >= 4 is 10.0 Å². The smallest absolute Gasteiger partial charge is 0.343 e. The zero-order valence-electron chi connectivity index (χ0n) is 19.7. The number of fused-ring (bicyclic) bond motifs is 1. The van der Waals surface area contributed by atoms with Crippen molar-refractivity contribution < 1.29 is 27.1 Å². The molecule has 1 aromatic carbocycles. The lowest BCUT2D eigenvalue weighted by Gasteiger charge is -2.29. The normalized spacial score (nSPS) is 23.5. The van der Waals surface area contributed by atoms with Gasteiger partial charge >= 0.3 is 5.63 Å². The molecule has 2 N–H and O–H groups in total. The Hall–Kier alpha value is -2.65. The molecule has 2 atom stereocenters. The van der Waals surface area contributed by atoms with Gasteiger partial charge in [-0.1, -0.05) is 12.8 Å². The van der Waals surface area contributed by atoms with Crippen LogP contribution in [0.1, 0.15) is 74.7 Å². The van der Waals surface area contributed by atoms with E-state index < -0.39 is 33.1 Å². The van der Waals surface area contributed by atoms with Crippen LogP contribution in [0.4, 0.5) is 4.39 Å². The van der Waals surface area contributed by atoms with Crippen molar-refractivity contribution in [3.05, 3.63) is 69.2 Å². The van der Waals surface area contributed by atoms with Gasteiger partial charge in [-0.05, 0) is 75.3 Å². The van der Waals surface area contributed by atoms with Crippen molar-refractivity contribution in [3.8, 4) is 5.75 Å². The summed E-state index contributed by atoms with van der Waals surface area (Å²) in [5.41, 5.74) is -0.912. The summed E-state index contributed by atoms with van der Waals surface area (Å²) in [7, 11) is -3.98. The average molecular weight is 504 g/mol. The van der Waals surface area contributed by atoms with E-state index in [9.17, 15) is 22.7 Å². The van der Waals surface area contributed by atoms with Crippen LogP contribution in [0.25, 0.3) is 0 Å². The maximum atomic E-state index is 13.2. The van der Waals surface area contributed by atoms with Crippen LogP contribution in [-0.4, -0.2) is 19.2 Å². The number of allylic oxidation sites excluding steroid dienone is 1. The highest BCUT2D eigenvalue weighted by atomic mass is 32.2. The average Bonchev–Trinajstić information content (AvgIpc) is 3.54. The molecule has 0 spiro atoms. The first-order chi connectivity index (χ1) is 16.7. The van der Waals surface area contributed by atoms with E-state index in [2.05, 4.69) is 4.72 Å². The molecule has 2 unspecified atom stereocenters. The van der Waals surface area contributed by atoms with Crippen molar-refractivity contribution in [2.24, 2.45) is 5.92 Å². The topological polar surface area (TPSA) is 106 Å².